The van der Waals surface area contributed by atoms with Gasteiger partial charge in [-0.3, -0.25) is 0 Å². The van der Waals surface area contributed by atoms with Crippen LogP contribution in [0.5, 0.6) is 0 Å². The summed E-state index contributed by atoms with van der Waals surface area (Å²) in [7, 11) is 0. The lowest BCUT2D eigenvalue weighted by Gasteiger charge is -2.15. The SMILES string of the molecule is c1cc(-c2ccc3cc(-c4ccc5c6c(cccc46)-c4ccccc4-5)ccc3c2)cc(-c2ccc3c4c(cccc24)-c2ccccc2-3)c1.c1ccc2c(c1)-c1cccc3c(-c4cc(-c5ccc6cc(-c7ccc8ccccc8c7)ccc6c5)cc5ccccc45)ccc-2c13.c1ccc2c(c1)-c1cccc3c(-c4cc(-c5ccc6cc(-c7cccc8ccccc78)ccc6c5)cc5ccccc45)ccc-2c13. The summed E-state index contributed by atoms with van der Waals surface area (Å²) in [6, 6.07) is 189. The van der Waals surface area contributed by atoms with Crippen LogP contribution in [0.1, 0.15) is 0 Å². The molecule has 0 bridgehead atoms. The molecule has 0 aromatic heterocycles. The van der Waals surface area contributed by atoms with E-state index < -0.39 is 0 Å². The largest absolute Gasteiger partial charge is 0.0616 e. The van der Waals surface area contributed by atoms with Gasteiger partial charge in [-0.1, -0.05) is 437 Å². The summed E-state index contributed by atoms with van der Waals surface area (Å²) >= 11 is 0. The zero-order valence-electron chi connectivity index (χ0n) is 76.5. The number of benzene rings is 27. The standard InChI is InChI=1S/C48H28.2C46H28/c1-3-12-39-37(10-1)43-16-6-14-41-35(22-24-45(39)47(41)43)33-9-5-8-29(27-33)30-18-19-32-28-34(21-20-31(32)26-30)36-23-25-46-40-13-4-2-11-38(40)44-17-7-15-42(36)48(44)46;1-3-12-36-29(9-1)11-7-16-37(36)34-22-21-30-25-32(20-19-31(30)26-34)35-27-33-10-2-4-13-38(33)45(28-35)41-23-24-44-40-15-6-5-14-39(40)42-17-8-18-43(41)46(42)44;1-2-9-30-24-31(17-16-29(30)8-1)32-18-19-34-26-35(21-20-33(34)25-32)37-27-36-10-3-4-11-38(36)45(28-37)41-22-23-44-40-13-6-5-12-39(40)42-14-7-15-43(41)46(42)44/h1-28H;2*1-28H. The van der Waals surface area contributed by atoms with Gasteiger partial charge in [0.2, 0.25) is 0 Å². The lowest BCUT2D eigenvalue weighted by molar-refractivity contribution is 1.62. The second-order valence-electron chi connectivity index (χ2n) is 38.2. The number of hydrogen-bond acceptors (Lipinski definition) is 0. The van der Waals surface area contributed by atoms with Crippen LogP contribution >= 0.6 is 0 Å². The molecule has 27 aromatic carbocycles. The molecule has 31 rings (SSSR count). The fourth-order valence-corrected chi connectivity index (χ4v) is 24.1. The maximum absolute atomic E-state index is 2.40. The second kappa shape index (κ2) is 31.7. The second-order valence-corrected chi connectivity index (χ2v) is 38.2. The van der Waals surface area contributed by atoms with Crippen LogP contribution in [0.15, 0.2) is 510 Å². The van der Waals surface area contributed by atoms with E-state index in [0.717, 1.165) is 0 Å². The summed E-state index contributed by atoms with van der Waals surface area (Å²) in [6.07, 6.45) is 0. The van der Waals surface area contributed by atoms with Gasteiger partial charge in [-0.25, -0.2) is 0 Å². The highest BCUT2D eigenvalue weighted by Gasteiger charge is 2.29. The molecule has 4 aliphatic rings. The molecule has 0 aliphatic heterocycles. The van der Waals surface area contributed by atoms with E-state index in [2.05, 4.69) is 510 Å². The minimum atomic E-state index is 1.23. The lowest BCUT2D eigenvalue weighted by Crippen LogP contribution is -1.88. The molecule has 0 N–H and O–H groups in total. The summed E-state index contributed by atoms with van der Waals surface area (Å²) in [6.45, 7) is 0. The van der Waals surface area contributed by atoms with Gasteiger partial charge in [-0.05, 0) is 380 Å². The quantitative estimate of drug-likeness (QED) is 0.135. The van der Waals surface area contributed by atoms with Crippen LogP contribution in [0, 0.1) is 0 Å². The molecular weight excluding hydrogens is 1680 g/mol. The Labute approximate surface area is 811 Å². The van der Waals surface area contributed by atoms with E-state index in [0.29, 0.717) is 0 Å². The Balaban J connectivity index is 0.000000101. The first-order valence-electron chi connectivity index (χ1n) is 48.8. The minimum Gasteiger partial charge on any atom is -0.0616 e. The fraction of sp³-hybridized carbons (Fsp3) is 0. The van der Waals surface area contributed by atoms with Crippen LogP contribution in [-0.4, -0.2) is 0 Å². The van der Waals surface area contributed by atoms with Gasteiger partial charge < -0.3 is 0 Å². The molecule has 0 unspecified atom stereocenters. The van der Waals surface area contributed by atoms with Crippen LogP contribution in [-0.2, 0) is 0 Å². The zero-order valence-corrected chi connectivity index (χ0v) is 76.5. The third-order valence-corrected chi connectivity index (χ3v) is 30.7. The van der Waals surface area contributed by atoms with Crippen molar-refractivity contribution in [3.8, 4) is 189 Å². The molecule has 4 aliphatic carbocycles. The molecule has 0 fully saturated rings. The predicted octanol–water partition coefficient (Wildman–Crippen LogP) is 39.3. The molecule has 0 spiro atoms. The summed E-state index contributed by atoms with van der Waals surface area (Å²) in [4.78, 5) is 0. The van der Waals surface area contributed by atoms with Gasteiger partial charge in [0.05, 0.1) is 0 Å². The van der Waals surface area contributed by atoms with E-state index in [1.807, 2.05) is 0 Å². The summed E-state index contributed by atoms with van der Waals surface area (Å²) in [5.74, 6) is 0. The molecule has 0 heterocycles. The summed E-state index contributed by atoms with van der Waals surface area (Å²) in [5.41, 5.74) is 44.0. The number of fused-ring (bicyclic) bond motifs is 19. The molecule has 644 valence electrons. The van der Waals surface area contributed by atoms with Crippen LogP contribution in [0.4, 0.5) is 0 Å². The Bertz CT molecular complexity index is 9900. The van der Waals surface area contributed by atoms with Crippen LogP contribution in [0.3, 0.4) is 0 Å². The highest BCUT2D eigenvalue weighted by atomic mass is 14.3. The van der Waals surface area contributed by atoms with Gasteiger partial charge in [-0.15, -0.1) is 0 Å². The molecule has 0 nitrogen and oxygen atoms in total. The van der Waals surface area contributed by atoms with E-state index in [-0.39, 0.29) is 0 Å². The molecule has 0 saturated heterocycles. The van der Waals surface area contributed by atoms with E-state index in [1.165, 1.54) is 308 Å². The molecule has 140 heavy (non-hydrogen) atoms. The first-order chi connectivity index (χ1) is 69.4. The topological polar surface area (TPSA) is 0 Å². The summed E-state index contributed by atoms with van der Waals surface area (Å²) < 4.78 is 0. The Morgan fingerprint density at radius 2 is 0.264 bits per heavy atom. The first-order valence-corrected chi connectivity index (χ1v) is 48.8. The average molecular weight is 1770 g/mol. The van der Waals surface area contributed by atoms with Crippen molar-refractivity contribution >= 4 is 118 Å². The van der Waals surface area contributed by atoms with Crippen LogP contribution in [0.25, 0.3) is 308 Å². The molecule has 0 heteroatoms. The maximum Gasteiger partial charge on any atom is -0.00201 e. The lowest BCUT2D eigenvalue weighted by atomic mass is 9.88. The third kappa shape index (κ3) is 12.7. The Hall–Kier alpha value is -18.2. The monoisotopic (exact) mass is 1760 g/mol. The minimum absolute atomic E-state index is 1.23. The number of hydrogen-bond donors (Lipinski definition) is 0. The molecule has 27 aromatic rings. The van der Waals surface area contributed by atoms with Gasteiger partial charge >= 0.3 is 0 Å². The van der Waals surface area contributed by atoms with E-state index >= 15 is 0 Å². The van der Waals surface area contributed by atoms with Crippen molar-refractivity contribution < 1.29 is 0 Å². The van der Waals surface area contributed by atoms with Crippen molar-refractivity contribution in [3.63, 3.8) is 0 Å². The van der Waals surface area contributed by atoms with E-state index in [9.17, 15) is 0 Å². The fourth-order valence-electron chi connectivity index (χ4n) is 24.1. The van der Waals surface area contributed by atoms with Gasteiger partial charge in [0.15, 0.2) is 0 Å². The predicted molar refractivity (Wildman–Crippen MR) is 599 cm³/mol. The van der Waals surface area contributed by atoms with Gasteiger partial charge in [-0.2, -0.15) is 0 Å². The number of rotatable bonds is 9. The van der Waals surface area contributed by atoms with Gasteiger partial charge in [0.1, 0.15) is 0 Å². The van der Waals surface area contributed by atoms with Crippen molar-refractivity contribution in [2.24, 2.45) is 0 Å². The maximum atomic E-state index is 2.40. The third-order valence-electron chi connectivity index (χ3n) is 30.7. The normalized spacial score (nSPS) is 12.0. The van der Waals surface area contributed by atoms with Crippen LogP contribution < -0.4 is 0 Å². The van der Waals surface area contributed by atoms with E-state index in [4.69, 9.17) is 0 Å². The molecular formula is C140H84. The average Bonchev–Trinajstić information content (AvgIpc) is 1.57. The molecule has 0 atom stereocenters. The van der Waals surface area contributed by atoms with Crippen molar-refractivity contribution in [2.45, 2.75) is 0 Å². The zero-order chi connectivity index (χ0) is 91.7. The Morgan fingerprint density at radius 1 is 0.0714 bits per heavy atom. The highest BCUT2D eigenvalue weighted by Crippen LogP contribution is 2.56. The van der Waals surface area contributed by atoms with E-state index in [1.54, 1.807) is 0 Å². The summed E-state index contributed by atoms with van der Waals surface area (Å²) in [5, 5.41) is 28.4. The van der Waals surface area contributed by atoms with Crippen LogP contribution in [0.2, 0.25) is 0 Å². The first kappa shape index (κ1) is 79.2. The van der Waals surface area contributed by atoms with Crippen molar-refractivity contribution in [2.75, 3.05) is 0 Å². The molecule has 0 saturated carbocycles. The Kier molecular flexibility index (Phi) is 17.9. The molecule has 0 radical (unpaired) electrons. The highest BCUT2D eigenvalue weighted by molar-refractivity contribution is 6.25. The molecule has 0 amide bonds. The smallest absolute Gasteiger partial charge is 0.00201 e. The van der Waals surface area contributed by atoms with Crippen molar-refractivity contribution in [1.82, 2.24) is 0 Å². The van der Waals surface area contributed by atoms with Gasteiger partial charge in [0, 0.05) is 0 Å². The van der Waals surface area contributed by atoms with Crippen molar-refractivity contribution in [3.05, 3.63) is 510 Å². The van der Waals surface area contributed by atoms with Crippen molar-refractivity contribution in [1.29, 1.82) is 0 Å². The van der Waals surface area contributed by atoms with Gasteiger partial charge in [0.25, 0.3) is 0 Å². The Morgan fingerprint density at radius 3 is 0.643 bits per heavy atom.